The van der Waals surface area contributed by atoms with E-state index in [2.05, 4.69) is 10.6 Å². The van der Waals surface area contributed by atoms with Crippen molar-refractivity contribution in [2.24, 2.45) is 0 Å². The number of nitrogens with one attached hydrogen (secondary N) is 2. The van der Waals surface area contributed by atoms with Gasteiger partial charge in [-0.2, -0.15) is 0 Å². The Bertz CT molecular complexity index is 878. The van der Waals surface area contributed by atoms with Crippen molar-refractivity contribution in [3.63, 3.8) is 0 Å². The van der Waals surface area contributed by atoms with Crippen LogP contribution in [0, 0.1) is 0 Å². The van der Waals surface area contributed by atoms with Crippen LogP contribution in [0.15, 0.2) is 46.7 Å². The van der Waals surface area contributed by atoms with E-state index in [4.69, 9.17) is 0 Å². The molecule has 0 atom stereocenters. The van der Waals surface area contributed by atoms with Gasteiger partial charge in [0.05, 0.1) is 9.77 Å². The summed E-state index contributed by atoms with van der Waals surface area (Å²) in [7, 11) is -0.637. The number of carbonyl (C=O) groups excluding carboxylic acids is 2. The van der Waals surface area contributed by atoms with Crippen LogP contribution in [0.25, 0.3) is 0 Å². The van der Waals surface area contributed by atoms with Crippen LogP contribution in [0.5, 0.6) is 0 Å². The van der Waals surface area contributed by atoms with Crippen molar-refractivity contribution in [2.45, 2.75) is 24.3 Å². The second kappa shape index (κ2) is 9.63. The van der Waals surface area contributed by atoms with Gasteiger partial charge in [0.1, 0.15) is 0 Å². The van der Waals surface area contributed by atoms with Crippen LogP contribution in [-0.2, 0) is 21.4 Å². The first-order chi connectivity index (χ1) is 12.8. The first kappa shape index (κ1) is 21.1. The van der Waals surface area contributed by atoms with Crippen LogP contribution in [0.3, 0.4) is 0 Å². The minimum atomic E-state index is -3.57. The quantitative estimate of drug-likeness (QED) is 0.618. The molecule has 0 unspecified atom stereocenters. The molecular formula is C18H23N3O4S2. The molecule has 0 saturated heterocycles. The normalized spacial score (nSPS) is 11.4. The highest BCUT2D eigenvalue weighted by Gasteiger charge is 2.20. The Labute approximate surface area is 163 Å². The molecule has 146 valence electrons. The predicted octanol–water partition coefficient (Wildman–Crippen LogP) is 1.82. The number of amides is 2. The van der Waals surface area contributed by atoms with E-state index < -0.39 is 10.0 Å². The molecule has 1 aromatic heterocycles. The number of thiophene rings is 1. The SMILES string of the molecule is CN(C)S(=O)(=O)c1ccccc1CNC(=O)CCCNC(=O)c1cccs1. The third-order valence-corrected chi connectivity index (χ3v) is 6.60. The third-order valence-electron chi connectivity index (χ3n) is 3.82. The smallest absolute Gasteiger partial charge is 0.261 e. The highest BCUT2D eigenvalue weighted by atomic mass is 32.2. The standard InChI is InChI=1S/C18H23N3O4S2/c1-21(2)27(24,25)16-9-4-3-7-14(16)13-20-17(22)10-5-11-19-18(23)15-8-6-12-26-15/h3-4,6-9,12H,5,10-11,13H2,1-2H3,(H,19,23)(H,20,22). The summed E-state index contributed by atoms with van der Waals surface area (Å²) in [4.78, 5) is 24.6. The molecule has 2 N–H and O–H groups in total. The Morgan fingerprint density at radius 3 is 2.48 bits per heavy atom. The average molecular weight is 410 g/mol. The topological polar surface area (TPSA) is 95.6 Å². The molecular weight excluding hydrogens is 386 g/mol. The Morgan fingerprint density at radius 2 is 1.81 bits per heavy atom. The Morgan fingerprint density at radius 1 is 1.07 bits per heavy atom. The van der Waals surface area contributed by atoms with Crippen molar-refractivity contribution in [3.05, 3.63) is 52.2 Å². The van der Waals surface area contributed by atoms with Crippen LogP contribution in [0.4, 0.5) is 0 Å². The lowest BCUT2D eigenvalue weighted by Crippen LogP contribution is -2.28. The zero-order valence-electron chi connectivity index (χ0n) is 15.3. The number of rotatable bonds is 9. The first-order valence-electron chi connectivity index (χ1n) is 8.41. The monoisotopic (exact) mass is 409 g/mol. The number of nitrogens with zero attached hydrogens (tertiary/aromatic N) is 1. The van der Waals surface area contributed by atoms with E-state index in [-0.39, 0.29) is 29.7 Å². The number of hydrogen-bond donors (Lipinski definition) is 2. The minimum Gasteiger partial charge on any atom is -0.352 e. The molecule has 9 heteroatoms. The van der Waals surface area contributed by atoms with Crippen molar-refractivity contribution in [3.8, 4) is 0 Å². The highest BCUT2D eigenvalue weighted by Crippen LogP contribution is 2.18. The summed E-state index contributed by atoms with van der Waals surface area (Å²) in [6.07, 6.45) is 0.744. The van der Waals surface area contributed by atoms with Crippen LogP contribution in [0.1, 0.15) is 28.1 Å². The minimum absolute atomic E-state index is 0.129. The molecule has 0 fully saturated rings. The van der Waals surface area contributed by atoms with E-state index in [0.717, 1.165) is 4.31 Å². The largest absolute Gasteiger partial charge is 0.352 e. The van der Waals surface area contributed by atoms with E-state index in [0.29, 0.717) is 23.4 Å². The van der Waals surface area contributed by atoms with Gasteiger partial charge in [-0.1, -0.05) is 24.3 Å². The number of benzene rings is 1. The van der Waals surface area contributed by atoms with E-state index in [1.807, 2.05) is 5.38 Å². The summed E-state index contributed by atoms with van der Waals surface area (Å²) in [6.45, 7) is 0.527. The molecule has 0 aliphatic heterocycles. The van der Waals surface area contributed by atoms with Crippen molar-refractivity contribution >= 4 is 33.2 Å². The molecule has 2 amide bonds. The molecule has 7 nitrogen and oxygen atoms in total. The average Bonchev–Trinajstić information content (AvgIpc) is 3.18. The summed E-state index contributed by atoms with van der Waals surface area (Å²) in [5.41, 5.74) is 0.533. The lowest BCUT2D eigenvalue weighted by molar-refractivity contribution is -0.121. The number of hydrogen-bond acceptors (Lipinski definition) is 5. The lowest BCUT2D eigenvalue weighted by Gasteiger charge is -2.15. The molecule has 27 heavy (non-hydrogen) atoms. The zero-order valence-corrected chi connectivity index (χ0v) is 16.9. The van der Waals surface area contributed by atoms with Crippen molar-refractivity contribution in [1.29, 1.82) is 0 Å². The van der Waals surface area contributed by atoms with Gasteiger partial charge in [-0.05, 0) is 29.5 Å². The molecule has 0 radical (unpaired) electrons. The maximum absolute atomic E-state index is 12.3. The second-order valence-corrected chi connectivity index (χ2v) is 9.08. The fraction of sp³-hybridized carbons (Fsp3) is 0.333. The van der Waals surface area contributed by atoms with Gasteiger partial charge in [0.2, 0.25) is 15.9 Å². The zero-order chi connectivity index (χ0) is 19.9. The predicted molar refractivity (Wildman–Crippen MR) is 105 cm³/mol. The molecule has 1 aromatic carbocycles. The van der Waals surface area contributed by atoms with Crippen molar-refractivity contribution in [2.75, 3.05) is 20.6 Å². The summed E-state index contributed by atoms with van der Waals surface area (Å²) < 4.78 is 25.8. The van der Waals surface area contributed by atoms with Crippen molar-refractivity contribution in [1.82, 2.24) is 14.9 Å². The van der Waals surface area contributed by atoms with E-state index in [9.17, 15) is 18.0 Å². The second-order valence-electron chi connectivity index (χ2n) is 6.01. The number of sulfonamides is 1. The van der Waals surface area contributed by atoms with Crippen LogP contribution in [-0.4, -0.2) is 45.2 Å². The van der Waals surface area contributed by atoms with Gasteiger partial charge in [-0.15, -0.1) is 11.3 Å². The summed E-state index contributed by atoms with van der Waals surface area (Å²) in [5.74, 6) is -0.342. The van der Waals surface area contributed by atoms with E-state index in [1.54, 1.807) is 30.3 Å². The van der Waals surface area contributed by atoms with Gasteiger partial charge in [0, 0.05) is 33.6 Å². The van der Waals surface area contributed by atoms with E-state index in [1.165, 1.54) is 31.5 Å². The van der Waals surface area contributed by atoms with Gasteiger partial charge in [0.25, 0.3) is 5.91 Å². The lowest BCUT2D eigenvalue weighted by atomic mass is 10.2. The molecule has 0 spiro atoms. The van der Waals surface area contributed by atoms with Crippen LogP contribution >= 0.6 is 11.3 Å². The van der Waals surface area contributed by atoms with Gasteiger partial charge in [0.15, 0.2) is 0 Å². The molecule has 1 heterocycles. The maximum atomic E-state index is 12.3. The maximum Gasteiger partial charge on any atom is 0.261 e. The fourth-order valence-corrected chi connectivity index (χ4v) is 4.08. The number of carbonyl (C=O) groups is 2. The van der Waals surface area contributed by atoms with Gasteiger partial charge in [-0.3, -0.25) is 9.59 Å². The fourth-order valence-electron chi connectivity index (χ4n) is 2.33. The highest BCUT2D eigenvalue weighted by molar-refractivity contribution is 7.89. The van der Waals surface area contributed by atoms with E-state index >= 15 is 0 Å². The Kier molecular flexibility index (Phi) is 7.52. The summed E-state index contributed by atoms with van der Waals surface area (Å²) >= 11 is 1.36. The van der Waals surface area contributed by atoms with Crippen LogP contribution in [0.2, 0.25) is 0 Å². The molecule has 0 aliphatic carbocycles. The van der Waals surface area contributed by atoms with Crippen LogP contribution < -0.4 is 10.6 Å². The first-order valence-corrected chi connectivity index (χ1v) is 10.7. The Hall–Kier alpha value is -2.23. The summed E-state index contributed by atoms with van der Waals surface area (Å²) in [6, 6.07) is 10.1. The molecule has 0 saturated carbocycles. The van der Waals surface area contributed by atoms with Gasteiger partial charge >= 0.3 is 0 Å². The Balaban J connectivity index is 1.80. The summed E-state index contributed by atoms with van der Waals surface area (Å²) in [5, 5.41) is 7.33. The molecule has 0 bridgehead atoms. The molecule has 2 aromatic rings. The van der Waals surface area contributed by atoms with Gasteiger partial charge in [-0.25, -0.2) is 12.7 Å². The van der Waals surface area contributed by atoms with Gasteiger partial charge < -0.3 is 10.6 Å². The molecule has 0 aliphatic rings. The molecule has 2 rings (SSSR count). The third kappa shape index (κ3) is 5.88. The van der Waals surface area contributed by atoms with Crippen molar-refractivity contribution < 1.29 is 18.0 Å².